The highest BCUT2D eigenvalue weighted by Crippen LogP contribution is 2.58. The second-order valence-electron chi connectivity index (χ2n) is 6.24. The van der Waals surface area contributed by atoms with E-state index in [2.05, 4.69) is 38.2 Å². The van der Waals surface area contributed by atoms with Crippen molar-refractivity contribution in [3.05, 3.63) is 23.8 Å². The monoisotopic (exact) mass is 261 g/mol. The molecule has 1 aliphatic carbocycles. The Morgan fingerprint density at radius 3 is 2.58 bits per heavy atom. The van der Waals surface area contributed by atoms with E-state index in [1.54, 1.807) is 0 Å². The van der Waals surface area contributed by atoms with Crippen LogP contribution in [0.15, 0.2) is 18.2 Å². The van der Waals surface area contributed by atoms with Crippen molar-refractivity contribution >= 4 is 0 Å². The Hall–Kier alpha value is -1.22. The SMILES string of the molecule is CCNC(c1ccc2c(c1)OCCO2)C1CC1(C)C. The van der Waals surface area contributed by atoms with E-state index in [4.69, 9.17) is 9.47 Å². The van der Waals surface area contributed by atoms with Crippen LogP contribution in [0.4, 0.5) is 0 Å². The Morgan fingerprint density at radius 1 is 1.26 bits per heavy atom. The van der Waals surface area contributed by atoms with Crippen molar-refractivity contribution in [1.29, 1.82) is 0 Å². The van der Waals surface area contributed by atoms with Crippen molar-refractivity contribution in [2.45, 2.75) is 33.2 Å². The van der Waals surface area contributed by atoms with Gasteiger partial charge in [-0.1, -0.05) is 26.8 Å². The zero-order valence-electron chi connectivity index (χ0n) is 12.0. The molecule has 0 aromatic heterocycles. The molecule has 0 radical (unpaired) electrons. The summed E-state index contributed by atoms with van der Waals surface area (Å²) in [5, 5.41) is 3.63. The van der Waals surface area contributed by atoms with Gasteiger partial charge in [0.1, 0.15) is 13.2 Å². The van der Waals surface area contributed by atoms with Gasteiger partial charge in [-0.05, 0) is 42.0 Å². The van der Waals surface area contributed by atoms with Crippen LogP contribution in [0.2, 0.25) is 0 Å². The number of nitrogens with one attached hydrogen (secondary N) is 1. The summed E-state index contributed by atoms with van der Waals surface area (Å²) < 4.78 is 11.3. The third kappa shape index (κ3) is 2.44. The Labute approximate surface area is 115 Å². The number of fused-ring (bicyclic) bond motifs is 1. The standard InChI is InChI=1S/C16H23NO2/c1-4-17-15(12-10-16(12,2)3)11-5-6-13-14(9-11)19-8-7-18-13/h5-6,9,12,15,17H,4,7-8,10H2,1-3H3. The highest BCUT2D eigenvalue weighted by atomic mass is 16.6. The van der Waals surface area contributed by atoms with Crippen LogP contribution in [0.25, 0.3) is 0 Å². The van der Waals surface area contributed by atoms with Crippen molar-refractivity contribution in [2.75, 3.05) is 19.8 Å². The first-order valence-corrected chi connectivity index (χ1v) is 7.25. The lowest BCUT2D eigenvalue weighted by Gasteiger charge is -2.23. The molecule has 0 amide bonds. The molecule has 3 nitrogen and oxygen atoms in total. The molecule has 0 bridgehead atoms. The molecular weight excluding hydrogens is 238 g/mol. The molecule has 2 atom stereocenters. The fourth-order valence-corrected chi connectivity index (χ4v) is 3.04. The molecule has 1 aliphatic heterocycles. The quantitative estimate of drug-likeness (QED) is 0.903. The topological polar surface area (TPSA) is 30.5 Å². The van der Waals surface area contributed by atoms with Crippen LogP contribution in [0, 0.1) is 11.3 Å². The highest BCUT2D eigenvalue weighted by Gasteiger charge is 2.50. The van der Waals surface area contributed by atoms with Crippen molar-refractivity contribution in [1.82, 2.24) is 5.32 Å². The van der Waals surface area contributed by atoms with Crippen LogP contribution in [-0.4, -0.2) is 19.8 Å². The van der Waals surface area contributed by atoms with Crippen LogP contribution >= 0.6 is 0 Å². The Morgan fingerprint density at radius 2 is 1.95 bits per heavy atom. The van der Waals surface area contributed by atoms with Crippen molar-refractivity contribution in [2.24, 2.45) is 11.3 Å². The summed E-state index contributed by atoms with van der Waals surface area (Å²) in [5.74, 6) is 2.49. The van der Waals surface area contributed by atoms with Gasteiger partial charge in [0.15, 0.2) is 11.5 Å². The smallest absolute Gasteiger partial charge is 0.161 e. The fourth-order valence-electron chi connectivity index (χ4n) is 3.04. The molecule has 1 heterocycles. The molecule has 2 aliphatic rings. The van der Waals surface area contributed by atoms with Crippen molar-refractivity contribution in [3.8, 4) is 11.5 Å². The van der Waals surface area contributed by atoms with Gasteiger partial charge < -0.3 is 14.8 Å². The minimum Gasteiger partial charge on any atom is -0.486 e. The van der Waals surface area contributed by atoms with E-state index < -0.39 is 0 Å². The maximum atomic E-state index is 5.69. The maximum Gasteiger partial charge on any atom is 0.161 e. The van der Waals surface area contributed by atoms with Crippen LogP contribution in [-0.2, 0) is 0 Å². The number of rotatable bonds is 4. The van der Waals surface area contributed by atoms with E-state index in [9.17, 15) is 0 Å². The molecule has 1 N–H and O–H groups in total. The molecule has 3 heteroatoms. The first-order chi connectivity index (χ1) is 9.12. The highest BCUT2D eigenvalue weighted by molar-refractivity contribution is 5.45. The summed E-state index contributed by atoms with van der Waals surface area (Å²) in [4.78, 5) is 0. The minimum atomic E-state index is 0.427. The largest absolute Gasteiger partial charge is 0.486 e. The predicted octanol–water partition coefficient (Wildman–Crippen LogP) is 3.15. The van der Waals surface area contributed by atoms with Gasteiger partial charge in [0.25, 0.3) is 0 Å². The number of ether oxygens (including phenoxy) is 2. The lowest BCUT2D eigenvalue weighted by Crippen LogP contribution is -2.25. The lowest BCUT2D eigenvalue weighted by atomic mass is 9.96. The van der Waals surface area contributed by atoms with Crippen LogP contribution in [0.3, 0.4) is 0 Å². The molecule has 2 unspecified atom stereocenters. The van der Waals surface area contributed by atoms with Crippen LogP contribution in [0.1, 0.15) is 38.8 Å². The Bertz CT molecular complexity index is 470. The van der Waals surface area contributed by atoms with Gasteiger partial charge in [0.2, 0.25) is 0 Å². The number of hydrogen-bond acceptors (Lipinski definition) is 3. The van der Waals surface area contributed by atoms with Gasteiger partial charge in [-0.2, -0.15) is 0 Å². The average molecular weight is 261 g/mol. The molecule has 104 valence electrons. The van der Waals surface area contributed by atoms with E-state index in [1.165, 1.54) is 12.0 Å². The zero-order chi connectivity index (χ0) is 13.5. The summed E-state index contributed by atoms with van der Waals surface area (Å²) in [6, 6.07) is 6.80. The van der Waals surface area contributed by atoms with E-state index >= 15 is 0 Å². The van der Waals surface area contributed by atoms with Crippen LogP contribution < -0.4 is 14.8 Å². The normalized spacial score (nSPS) is 24.9. The summed E-state index contributed by atoms with van der Waals surface area (Å²) in [6.45, 7) is 9.15. The van der Waals surface area contributed by atoms with Gasteiger partial charge in [-0.3, -0.25) is 0 Å². The van der Waals surface area contributed by atoms with E-state index in [-0.39, 0.29) is 0 Å². The Kier molecular flexibility index (Phi) is 3.17. The van der Waals surface area contributed by atoms with Gasteiger partial charge in [-0.15, -0.1) is 0 Å². The third-order valence-electron chi connectivity index (χ3n) is 4.34. The second kappa shape index (κ2) is 4.71. The average Bonchev–Trinajstić information content (AvgIpc) is 3.04. The number of benzene rings is 1. The lowest BCUT2D eigenvalue weighted by molar-refractivity contribution is 0.171. The maximum absolute atomic E-state index is 5.69. The van der Waals surface area contributed by atoms with E-state index in [0.717, 1.165) is 24.0 Å². The van der Waals surface area contributed by atoms with Crippen LogP contribution in [0.5, 0.6) is 11.5 Å². The summed E-state index contributed by atoms with van der Waals surface area (Å²) in [5.41, 5.74) is 1.78. The molecule has 19 heavy (non-hydrogen) atoms. The first-order valence-electron chi connectivity index (χ1n) is 7.25. The molecule has 1 saturated carbocycles. The fraction of sp³-hybridized carbons (Fsp3) is 0.625. The van der Waals surface area contributed by atoms with Crippen molar-refractivity contribution in [3.63, 3.8) is 0 Å². The van der Waals surface area contributed by atoms with Gasteiger partial charge in [0, 0.05) is 6.04 Å². The number of hydrogen-bond donors (Lipinski definition) is 1. The van der Waals surface area contributed by atoms with Gasteiger partial charge in [0.05, 0.1) is 0 Å². The zero-order valence-corrected chi connectivity index (χ0v) is 12.0. The molecule has 0 saturated heterocycles. The van der Waals surface area contributed by atoms with Gasteiger partial charge in [-0.25, -0.2) is 0 Å². The predicted molar refractivity (Wildman–Crippen MR) is 75.7 cm³/mol. The molecule has 1 aromatic carbocycles. The van der Waals surface area contributed by atoms with E-state index in [0.29, 0.717) is 24.7 Å². The first kappa shape index (κ1) is 12.8. The van der Waals surface area contributed by atoms with Crippen molar-refractivity contribution < 1.29 is 9.47 Å². The minimum absolute atomic E-state index is 0.427. The second-order valence-corrected chi connectivity index (χ2v) is 6.24. The molecule has 3 rings (SSSR count). The Balaban J connectivity index is 1.86. The third-order valence-corrected chi connectivity index (χ3v) is 4.34. The molecule has 1 aromatic rings. The van der Waals surface area contributed by atoms with Gasteiger partial charge >= 0.3 is 0 Å². The molecule has 1 fully saturated rings. The summed E-state index contributed by atoms with van der Waals surface area (Å²) in [6.07, 6.45) is 1.29. The molecular formula is C16H23NO2. The van der Waals surface area contributed by atoms with E-state index in [1.807, 2.05) is 6.07 Å². The molecule has 0 spiro atoms. The summed E-state index contributed by atoms with van der Waals surface area (Å²) >= 11 is 0. The summed E-state index contributed by atoms with van der Waals surface area (Å²) in [7, 11) is 0.